The molecule has 1 fully saturated rings. The molecule has 2 aromatic rings. The molecular weight excluding hydrogens is 537 g/mol. The second kappa shape index (κ2) is 10.1. The van der Waals surface area contributed by atoms with Crippen LogP contribution in [0, 0.1) is 21.1 Å². The summed E-state index contributed by atoms with van der Waals surface area (Å²) in [6, 6.07) is 2.47. The molecular formula is C21H29F2IN2O4Si. The van der Waals surface area contributed by atoms with Crippen molar-refractivity contribution in [3.8, 4) is 6.01 Å². The number of methoxy groups -OCH3 is 1. The highest BCUT2D eigenvalue weighted by Crippen LogP contribution is 2.32. The van der Waals surface area contributed by atoms with Gasteiger partial charge in [-0.1, -0.05) is 19.6 Å². The van der Waals surface area contributed by atoms with Crippen molar-refractivity contribution < 1.29 is 27.8 Å². The molecule has 172 valence electrons. The summed E-state index contributed by atoms with van der Waals surface area (Å²) in [5.41, 5.74) is 0.375. The minimum Gasteiger partial charge on any atom is -0.469 e. The molecule has 0 N–H and O–H groups in total. The first-order chi connectivity index (χ1) is 14.6. The fraction of sp³-hybridized carbons (Fsp3) is 0.619. The summed E-state index contributed by atoms with van der Waals surface area (Å²) in [5.74, 6) is -1.66. The van der Waals surface area contributed by atoms with E-state index in [1.807, 2.05) is 0 Å². The maximum atomic E-state index is 14.7. The largest absolute Gasteiger partial charge is 0.469 e. The lowest BCUT2D eigenvalue weighted by Gasteiger charge is -2.27. The van der Waals surface area contributed by atoms with Gasteiger partial charge in [0.25, 0.3) is 6.01 Å². The van der Waals surface area contributed by atoms with E-state index in [0.717, 1.165) is 6.04 Å². The lowest BCUT2D eigenvalue weighted by Crippen LogP contribution is -2.29. The Morgan fingerprint density at radius 2 is 1.94 bits per heavy atom. The van der Waals surface area contributed by atoms with Gasteiger partial charge in [-0.05, 0) is 54.3 Å². The van der Waals surface area contributed by atoms with Crippen molar-refractivity contribution in [3.05, 3.63) is 21.3 Å². The highest BCUT2D eigenvalue weighted by Gasteiger charge is 2.29. The van der Waals surface area contributed by atoms with Crippen molar-refractivity contribution in [2.24, 2.45) is 5.92 Å². The van der Waals surface area contributed by atoms with E-state index in [2.05, 4.69) is 24.6 Å². The fourth-order valence-electron chi connectivity index (χ4n) is 3.63. The topological polar surface area (TPSA) is 62.6 Å². The fourth-order valence-corrected chi connectivity index (χ4v) is 4.79. The van der Waals surface area contributed by atoms with Gasteiger partial charge in [-0.25, -0.2) is 8.78 Å². The molecule has 1 saturated carbocycles. The molecule has 0 radical (unpaired) electrons. The van der Waals surface area contributed by atoms with Gasteiger partial charge in [-0.15, -0.1) is 0 Å². The number of esters is 1. The number of hydrogen-bond acceptors (Lipinski definition) is 5. The Kier molecular flexibility index (Phi) is 7.95. The zero-order chi connectivity index (χ0) is 22.8. The number of ether oxygens (including phenoxy) is 3. The van der Waals surface area contributed by atoms with Crippen LogP contribution in [0.5, 0.6) is 6.01 Å². The lowest BCUT2D eigenvalue weighted by atomic mass is 9.87. The number of aromatic nitrogens is 2. The summed E-state index contributed by atoms with van der Waals surface area (Å²) in [7, 11) is 0.127. The number of benzene rings is 1. The molecule has 1 aromatic heterocycles. The van der Waals surface area contributed by atoms with E-state index in [-0.39, 0.29) is 39.8 Å². The van der Waals surface area contributed by atoms with E-state index in [1.165, 1.54) is 13.2 Å². The van der Waals surface area contributed by atoms with Crippen LogP contribution in [0.2, 0.25) is 25.7 Å². The van der Waals surface area contributed by atoms with E-state index in [1.54, 1.807) is 27.2 Å². The molecule has 0 saturated heterocycles. The Morgan fingerprint density at radius 3 is 2.55 bits per heavy atom. The third-order valence-electron chi connectivity index (χ3n) is 5.54. The van der Waals surface area contributed by atoms with Crippen molar-refractivity contribution in [1.29, 1.82) is 0 Å². The van der Waals surface area contributed by atoms with Gasteiger partial charge >= 0.3 is 5.97 Å². The van der Waals surface area contributed by atoms with Crippen molar-refractivity contribution in [2.45, 2.75) is 64.2 Å². The van der Waals surface area contributed by atoms with Crippen LogP contribution in [0.4, 0.5) is 8.78 Å². The van der Waals surface area contributed by atoms with Gasteiger partial charge in [-0.2, -0.15) is 4.98 Å². The van der Waals surface area contributed by atoms with Crippen molar-refractivity contribution in [3.63, 3.8) is 0 Å². The highest BCUT2D eigenvalue weighted by molar-refractivity contribution is 14.1. The molecule has 0 unspecified atom stereocenters. The van der Waals surface area contributed by atoms with Crippen LogP contribution >= 0.6 is 22.6 Å². The third kappa shape index (κ3) is 5.95. The van der Waals surface area contributed by atoms with Gasteiger partial charge in [0.05, 0.1) is 22.1 Å². The van der Waals surface area contributed by atoms with Crippen molar-refractivity contribution >= 4 is 47.7 Å². The summed E-state index contributed by atoms with van der Waals surface area (Å²) < 4.78 is 47.2. The molecule has 31 heavy (non-hydrogen) atoms. The standard InChI is InChI=1S/C21H29F2IN2O4Si/c1-28-20(27)13-5-7-14(8-6-13)30-21-25-19-16(11-15(22)18(24)17(19)23)26(21)12-29-9-10-31(2,3)4/h11,13-14H,5-10,12H2,1-4H3. The van der Waals surface area contributed by atoms with Crippen LogP contribution in [0.3, 0.4) is 0 Å². The third-order valence-corrected chi connectivity index (χ3v) is 8.24. The number of halogens is 3. The van der Waals surface area contributed by atoms with E-state index in [4.69, 9.17) is 14.2 Å². The van der Waals surface area contributed by atoms with E-state index >= 15 is 0 Å². The van der Waals surface area contributed by atoms with Crippen LogP contribution in [0.25, 0.3) is 11.0 Å². The first-order valence-corrected chi connectivity index (χ1v) is 15.2. The molecule has 10 heteroatoms. The molecule has 0 aliphatic heterocycles. The Morgan fingerprint density at radius 1 is 1.26 bits per heavy atom. The summed E-state index contributed by atoms with van der Waals surface area (Å²) in [6.45, 7) is 7.44. The molecule has 0 spiro atoms. The quantitative estimate of drug-likeness (QED) is 0.142. The average Bonchev–Trinajstić information content (AvgIpc) is 3.06. The van der Waals surface area contributed by atoms with Crippen LogP contribution in [0.15, 0.2) is 6.07 Å². The molecule has 0 bridgehead atoms. The predicted octanol–water partition coefficient (Wildman–Crippen LogP) is 5.34. The Bertz CT molecular complexity index is 940. The molecule has 1 aliphatic rings. The number of carbonyl (C=O) groups excluding carboxylic acids is 1. The van der Waals surface area contributed by atoms with Gasteiger partial charge in [0.1, 0.15) is 24.2 Å². The number of nitrogens with zero attached hydrogens (tertiary/aromatic N) is 2. The summed E-state index contributed by atoms with van der Waals surface area (Å²) in [4.78, 5) is 16.1. The summed E-state index contributed by atoms with van der Waals surface area (Å²) >= 11 is 1.64. The number of hydrogen-bond donors (Lipinski definition) is 0. The molecule has 3 rings (SSSR count). The smallest absolute Gasteiger partial charge is 0.308 e. The number of rotatable bonds is 8. The molecule has 0 amide bonds. The number of imidazole rings is 1. The van der Waals surface area contributed by atoms with Crippen molar-refractivity contribution in [1.82, 2.24) is 9.55 Å². The Balaban J connectivity index is 1.80. The first kappa shape index (κ1) is 24.4. The maximum Gasteiger partial charge on any atom is 0.308 e. The Labute approximate surface area is 195 Å². The highest BCUT2D eigenvalue weighted by atomic mass is 127. The van der Waals surface area contributed by atoms with E-state index in [0.29, 0.717) is 37.8 Å². The van der Waals surface area contributed by atoms with Gasteiger partial charge in [0.15, 0.2) is 5.82 Å². The van der Waals surface area contributed by atoms with Crippen LogP contribution in [0.1, 0.15) is 25.7 Å². The van der Waals surface area contributed by atoms with E-state index in [9.17, 15) is 13.6 Å². The first-order valence-electron chi connectivity index (χ1n) is 10.5. The zero-order valence-electron chi connectivity index (χ0n) is 18.3. The number of fused-ring (bicyclic) bond motifs is 1. The maximum absolute atomic E-state index is 14.7. The minimum absolute atomic E-state index is 0.0674. The van der Waals surface area contributed by atoms with Gasteiger partial charge < -0.3 is 14.2 Å². The SMILES string of the molecule is COC(=O)C1CCC(Oc2nc3c(F)c(I)c(F)cc3n2COCC[Si](C)(C)C)CC1. The summed E-state index contributed by atoms with van der Waals surface area (Å²) in [6.07, 6.45) is 2.48. The monoisotopic (exact) mass is 566 g/mol. The van der Waals surface area contributed by atoms with Crippen LogP contribution in [-0.2, 0) is 21.0 Å². The molecule has 1 aliphatic carbocycles. The average molecular weight is 566 g/mol. The van der Waals surface area contributed by atoms with Crippen LogP contribution < -0.4 is 4.74 Å². The Hall–Kier alpha value is -1.27. The zero-order valence-corrected chi connectivity index (χ0v) is 21.5. The van der Waals surface area contributed by atoms with Crippen LogP contribution in [-0.4, -0.2) is 43.4 Å². The van der Waals surface area contributed by atoms with Gasteiger partial charge in [-0.3, -0.25) is 9.36 Å². The number of carbonyl (C=O) groups is 1. The van der Waals surface area contributed by atoms with E-state index < -0.39 is 19.7 Å². The molecule has 6 nitrogen and oxygen atoms in total. The second-order valence-electron chi connectivity index (χ2n) is 9.14. The predicted molar refractivity (Wildman–Crippen MR) is 125 cm³/mol. The normalized spacial score (nSPS) is 19.6. The summed E-state index contributed by atoms with van der Waals surface area (Å²) in [5, 5.41) is 0. The van der Waals surface area contributed by atoms with Gasteiger partial charge in [0.2, 0.25) is 0 Å². The lowest BCUT2D eigenvalue weighted by molar-refractivity contribution is -0.147. The molecule has 1 aromatic carbocycles. The van der Waals surface area contributed by atoms with Gasteiger partial charge in [0, 0.05) is 20.7 Å². The molecule has 1 heterocycles. The minimum atomic E-state index is -1.27. The molecule has 0 atom stereocenters. The second-order valence-corrected chi connectivity index (χ2v) is 15.8. The van der Waals surface area contributed by atoms with Crippen molar-refractivity contribution in [2.75, 3.05) is 13.7 Å².